The molecule has 1 N–H and O–H groups in total. The number of anilines is 2. The maximum absolute atomic E-state index is 13.0. The fourth-order valence-electron chi connectivity index (χ4n) is 3.90. The van der Waals surface area contributed by atoms with E-state index in [4.69, 9.17) is 0 Å². The number of hydrogen-bond acceptors (Lipinski definition) is 3. The maximum atomic E-state index is 13.0. The Morgan fingerprint density at radius 3 is 2.83 bits per heavy atom. The SMILES string of the molecule is Cc1n[nH]c(C)c1CC(=O)N1CC2CCCN2c2ccccc21. The van der Waals surface area contributed by atoms with E-state index in [1.54, 1.807) is 0 Å². The Kier molecular flexibility index (Phi) is 3.36. The van der Waals surface area contributed by atoms with E-state index in [1.165, 1.54) is 18.5 Å². The van der Waals surface area contributed by atoms with Crippen molar-refractivity contribution in [1.82, 2.24) is 10.2 Å². The van der Waals surface area contributed by atoms with Crippen molar-refractivity contribution in [3.63, 3.8) is 0 Å². The first-order valence-electron chi connectivity index (χ1n) is 8.31. The van der Waals surface area contributed by atoms with E-state index in [0.717, 1.165) is 35.7 Å². The van der Waals surface area contributed by atoms with Crippen LogP contribution in [-0.4, -0.2) is 35.2 Å². The number of fused-ring (bicyclic) bond motifs is 3. The Morgan fingerprint density at radius 2 is 2.09 bits per heavy atom. The molecule has 4 rings (SSSR count). The van der Waals surface area contributed by atoms with Gasteiger partial charge in [0.2, 0.25) is 5.91 Å². The smallest absolute Gasteiger partial charge is 0.231 e. The number of carbonyl (C=O) groups excluding carboxylic acids is 1. The molecule has 1 fully saturated rings. The zero-order valence-corrected chi connectivity index (χ0v) is 13.7. The lowest BCUT2D eigenvalue weighted by molar-refractivity contribution is -0.118. The van der Waals surface area contributed by atoms with E-state index in [1.807, 2.05) is 24.8 Å². The molecular weight excluding hydrogens is 288 g/mol. The van der Waals surface area contributed by atoms with Crippen molar-refractivity contribution in [1.29, 1.82) is 0 Å². The standard InChI is InChI=1S/C18H22N4O/c1-12-15(13(2)20-19-12)10-18(23)22-11-14-6-5-9-21(14)16-7-3-4-8-17(16)22/h3-4,7-8,14H,5-6,9-11H2,1-2H3,(H,19,20). The minimum atomic E-state index is 0.164. The molecule has 0 radical (unpaired) electrons. The van der Waals surface area contributed by atoms with Crippen LogP contribution in [0.5, 0.6) is 0 Å². The van der Waals surface area contributed by atoms with Crippen LogP contribution in [0.15, 0.2) is 24.3 Å². The lowest BCUT2D eigenvalue weighted by Gasteiger charge is -2.40. The third-order valence-corrected chi connectivity index (χ3v) is 5.16. The van der Waals surface area contributed by atoms with Crippen molar-refractivity contribution < 1.29 is 4.79 Å². The Bertz CT molecular complexity index is 732. The van der Waals surface area contributed by atoms with Gasteiger partial charge in [0.05, 0.1) is 23.5 Å². The van der Waals surface area contributed by atoms with E-state index >= 15 is 0 Å². The number of aryl methyl sites for hydroxylation is 2. The summed E-state index contributed by atoms with van der Waals surface area (Å²) in [6.45, 7) is 5.83. The molecule has 0 bridgehead atoms. The van der Waals surface area contributed by atoms with Gasteiger partial charge in [-0.05, 0) is 38.8 Å². The number of rotatable bonds is 2. The monoisotopic (exact) mass is 310 g/mol. The van der Waals surface area contributed by atoms with Crippen LogP contribution in [0.2, 0.25) is 0 Å². The summed E-state index contributed by atoms with van der Waals surface area (Å²) in [6, 6.07) is 8.75. The van der Waals surface area contributed by atoms with E-state index in [0.29, 0.717) is 12.5 Å². The van der Waals surface area contributed by atoms with Gasteiger partial charge in [0.15, 0.2) is 0 Å². The lowest BCUT2D eigenvalue weighted by atomic mass is 10.0. The van der Waals surface area contributed by atoms with Gasteiger partial charge < -0.3 is 9.80 Å². The van der Waals surface area contributed by atoms with Crippen LogP contribution >= 0.6 is 0 Å². The molecular formula is C18H22N4O. The first-order chi connectivity index (χ1) is 11.1. The molecule has 2 aromatic rings. The van der Waals surface area contributed by atoms with Crippen LogP contribution < -0.4 is 9.80 Å². The van der Waals surface area contributed by atoms with Crippen LogP contribution in [0.25, 0.3) is 0 Å². The zero-order valence-electron chi connectivity index (χ0n) is 13.7. The largest absolute Gasteiger partial charge is 0.365 e. The lowest BCUT2D eigenvalue weighted by Crippen LogP contribution is -2.48. The van der Waals surface area contributed by atoms with Crippen molar-refractivity contribution in [3.05, 3.63) is 41.2 Å². The number of benzene rings is 1. The van der Waals surface area contributed by atoms with Crippen LogP contribution in [0.4, 0.5) is 11.4 Å². The number of nitrogens with one attached hydrogen (secondary N) is 1. The van der Waals surface area contributed by atoms with Gasteiger partial charge in [0.25, 0.3) is 0 Å². The minimum absolute atomic E-state index is 0.164. The van der Waals surface area contributed by atoms with Crippen LogP contribution in [0.1, 0.15) is 29.8 Å². The molecule has 2 aliphatic heterocycles. The Hall–Kier alpha value is -2.30. The minimum Gasteiger partial charge on any atom is -0.365 e. The Labute approximate surface area is 136 Å². The van der Waals surface area contributed by atoms with Crippen LogP contribution in [0, 0.1) is 13.8 Å². The highest BCUT2D eigenvalue weighted by Crippen LogP contribution is 2.39. The van der Waals surface area contributed by atoms with Crippen molar-refractivity contribution in [3.8, 4) is 0 Å². The summed E-state index contributed by atoms with van der Waals surface area (Å²) in [5.41, 5.74) is 5.19. The van der Waals surface area contributed by atoms with E-state index in [9.17, 15) is 4.79 Å². The second kappa shape index (κ2) is 5.41. The molecule has 2 aliphatic rings. The molecule has 0 aliphatic carbocycles. The fraction of sp³-hybridized carbons (Fsp3) is 0.444. The van der Waals surface area contributed by atoms with E-state index < -0.39 is 0 Å². The first kappa shape index (κ1) is 14.3. The summed E-state index contributed by atoms with van der Waals surface area (Å²) < 4.78 is 0. The molecule has 23 heavy (non-hydrogen) atoms. The molecule has 120 valence electrons. The summed E-state index contributed by atoms with van der Waals surface area (Å²) >= 11 is 0. The highest BCUT2D eigenvalue weighted by molar-refractivity contribution is 5.99. The summed E-state index contributed by atoms with van der Waals surface area (Å²) in [5.74, 6) is 0.164. The number of carbonyl (C=O) groups is 1. The Morgan fingerprint density at radius 1 is 1.30 bits per heavy atom. The molecule has 1 saturated heterocycles. The van der Waals surface area contributed by atoms with Crippen molar-refractivity contribution >= 4 is 17.3 Å². The van der Waals surface area contributed by atoms with E-state index in [-0.39, 0.29) is 5.91 Å². The molecule has 1 unspecified atom stereocenters. The molecule has 3 heterocycles. The molecule has 1 atom stereocenters. The predicted octanol–water partition coefficient (Wildman–Crippen LogP) is 2.58. The molecule has 0 spiro atoms. The molecule has 1 aromatic carbocycles. The number of amides is 1. The molecule has 1 amide bonds. The summed E-state index contributed by atoms with van der Waals surface area (Å²) in [7, 11) is 0. The first-order valence-corrected chi connectivity index (χ1v) is 8.31. The van der Waals surface area contributed by atoms with Gasteiger partial charge in [0.1, 0.15) is 0 Å². The van der Waals surface area contributed by atoms with Gasteiger partial charge >= 0.3 is 0 Å². The van der Waals surface area contributed by atoms with Crippen molar-refractivity contribution in [2.45, 2.75) is 39.2 Å². The third kappa shape index (κ3) is 2.31. The second-order valence-corrected chi connectivity index (χ2v) is 6.57. The molecule has 5 heteroatoms. The van der Waals surface area contributed by atoms with Gasteiger partial charge in [-0.2, -0.15) is 5.10 Å². The van der Waals surface area contributed by atoms with Gasteiger partial charge in [-0.1, -0.05) is 12.1 Å². The topological polar surface area (TPSA) is 52.2 Å². The molecule has 0 saturated carbocycles. The number of nitrogens with zero attached hydrogens (tertiary/aromatic N) is 3. The number of H-pyrrole nitrogens is 1. The molecule has 5 nitrogen and oxygen atoms in total. The van der Waals surface area contributed by atoms with Crippen molar-refractivity contribution in [2.75, 3.05) is 22.9 Å². The van der Waals surface area contributed by atoms with Gasteiger partial charge in [-0.25, -0.2) is 0 Å². The summed E-state index contributed by atoms with van der Waals surface area (Å²) in [4.78, 5) is 17.4. The number of aromatic nitrogens is 2. The fourth-order valence-corrected chi connectivity index (χ4v) is 3.90. The zero-order chi connectivity index (χ0) is 16.0. The normalized spacial score (nSPS) is 19.7. The molecule has 1 aromatic heterocycles. The van der Waals surface area contributed by atoms with Gasteiger partial charge in [-0.3, -0.25) is 9.89 Å². The predicted molar refractivity (Wildman–Crippen MR) is 90.9 cm³/mol. The van der Waals surface area contributed by atoms with Gasteiger partial charge in [-0.15, -0.1) is 0 Å². The second-order valence-electron chi connectivity index (χ2n) is 6.57. The number of aromatic amines is 1. The van der Waals surface area contributed by atoms with Crippen LogP contribution in [0.3, 0.4) is 0 Å². The number of hydrogen-bond donors (Lipinski definition) is 1. The highest BCUT2D eigenvalue weighted by Gasteiger charge is 2.36. The summed E-state index contributed by atoms with van der Waals surface area (Å²) in [5, 5.41) is 7.18. The summed E-state index contributed by atoms with van der Waals surface area (Å²) in [6.07, 6.45) is 2.79. The van der Waals surface area contributed by atoms with Crippen LogP contribution in [-0.2, 0) is 11.2 Å². The highest BCUT2D eigenvalue weighted by atomic mass is 16.2. The van der Waals surface area contributed by atoms with E-state index in [2.05, 4.69) is 33.3 Å². The van der Waals surface area contributed by atoms with Gasteiger partial charge in [0, 0.05) is 30.4 Å². The third-order valence-electron chi connectivity index (χ3n) is 5.16. The average Bonchev–Trinajstić information content (AvgIpc) is 3.15. The Balaban J connectivity index is 1.66. The maximum Gasteiger partial charge on any atom is 0.231 e. The quantitative estimate of drug-likeness (QED) is 0.927. The average molecular weight is 310 g/mol. The van der Waals surface area contributed by atoms with Crippen molar-refractivity contribution in [2.24, 2.45) is 0 Å². The number of para-hydroxylation sites is 2.